The molecular weight excluding hydrogens is 295 g/mol. The van der Waals surface area contributed by atoms with Crippen LogP contribution in [0.1, 0.15) is 37.4 Å². The molecule has 1 fully saturated rings. The third-order valence-corrected chi connectivity index (χ3v) is 4.22. The summed E-state index contributed by atoms with van der Waals surface area (Å²) < 4.78 is 37.7. The molecule has 5 nitrogen and oxygen atoms in total. The van der Waals surface area contributed by atoms with Gasteiger partial charge in [-0.05, 0) is 25.7 Å². The van der Waals surface area contributed by atoms with E-state index < -0.39 is 18.1 Å². The molecule has 1 aliphatic rings. The summed E-state index contributed by atoms with van der Waals surface area (Å²) in [5.74, 6) is -1.83. The number of rotatable bonds is 4. The van der Waals surface area contributed by atoms with Gasteiger partial charge in [-0.2, -0.15) is 13.2 Å². The Hall–Kier alpha value is -1.25. The van der Waals surface area contributed by atoms with Crippen molar-refractivity contribution < 1.29 is 23.1 Å². The van der Waals surface area contributed by atoms with Crippen LogP contribution in [0.15, 0.2) is 5.16 Å². The van der Waals surface area contributed by atoms with Crippen molar-refractivity contribution >= 4 is 17.7 Å². The van der Waals surface area contributed by atoms with E-state index in [1.54, 1.807) is 0 Å². The molecule has 1 saturated carbocycles. The highest BCUT2D eigenvalue weighted by Crippen LogP contribution is 2.42. The van der Waals surface area contributed by atoms with E-state index in [0.717, 1.165) is 11.8 Å². The predicted octanol–water partition coefficient (Wildman–Crippen LogP) is 2.82. The molecule has 0 bridgehead atoms. The molecule has 0 unspecified atom stereocenters. The van der Waals surface area contributed by atoms with Gasteiger partial charge in [0.05, 0.1) is 11.7 Å². The first-order valence-corrected chi connectivity index (χ1v) is 7.18. The summed E-state index contributed by atoms with van der Waals surface area (Å²) in [4.78, 5) is 14.6. The fraction of sp³-hybridized carbons (Fsp3) is 0.727. The van der Waals surface area contributed by atoms with Gasteiger partial charge in [0, 0.05) is 5.92 Å². The molecule has 2 rings (SSSR count). The molecule has 0 atom stereocenters. The topological polar surface area (TPSA) is 78.9 Å². The van der Waals surface area contributed by atoms with Gasteiger partial charge in [0.2, 0.25) is 5.16 Å². The summed E-state index contributed by atoms with van der Waals surface area (Å²) in [6.45, 7) is 0. The standard InChI is InChI=1S/C11H14F3N3O2S/c12-11(13,14)7-3-1-6(2-4-7)9-15-10(17-16-9)20-5-8(18)19/h6-7H,1-5H2,(H,18,19)(H,15,16,17). The fourth-order valence-corrected chi connectivity index (χ4v) is 2.85. The summed E-state index contributed by atoms with van der Waals surface area (Å²) >= 11 is 0.985. The summed E-state index contributed by atoms with van der Waals surface area (Å²) in [5.41, 5.74) is 0. The summed E-state index contributed by atoms with van der Waals surface area (Å²) in [6.07, 6.45) is -3.07. The molecule has 0 aromatic carbocycles. The number of carbonyl (C=O) groups is 1. The van der Waals surface area contributed by atoms with E-state index in [0.29, 0.717) is 23.8 Å². The minimum Gasteiger partial charge on any atom is -0.481 e. The maximum atomic E-state index is 12.6. The van der Waals surface area contributed by atoms with Gasteiger partial charge in [-0.3, -0.25) is 9.89 Å². The van der Waals surface area contributed by atoms with Crippen LogP contribution >= 0.6 is 11.8 Å². The van der Waals surface area contributed by atoms with E-state index in [1.165, 1.54) is 0 Å². The lowest BCUT2D eigenvalue weighted by Gasteiger charge is -2.28. The highest BCUT2D eigenvalue weighted by Gasteiger charge is 2.42. The van der Waals surface area contributed by atoms with E-state index in [2.05, 4.69) is 15.2 Å². The number of halogens is 3. The molecule has 1 aromatic rings. The molecule has 1 aliphatic carbocycles. The number of alkyl halides is 3. The molecule has 2 N–H and O–H groups in total. The van der Waals surface area contributed by atoms with E-state index in [1.807, 2.05) is 0 Å². The third kappa shape index (κ3) is 3.87. The minimum absolute atomic E-state index is 0.0553. The number of nitrogens with one attached hydrogen (secondary N) is 1. The molecule has 0 amide bonds. The lowest BCUT2D eigenvalue weighted by Crippen LogP contribution is -2.27. The van der Waals surface area contributed by atoms with Crippen molar-refractivity contribution in [3.63, 3.8) is 0 Å². The van der Waals surface area contributed by atoms with Crippen LogP contribution in [0.4, 0.5) is 13.2 Å². The largest absolute Gasteiger partial charge is 0.481 e. The quantitative estimate of drug-likeness (QED) is 0.836. The Bertz CT molecular complexity index is 470. The van der Waals surface area contributed by atoms with Crippen LogP contribution in [0, 0.1) is 5.92 Å². The zero-order chi connectivity index (χ0) is 14.8. The summed E-state index contributed by atoms with van der Waals surface area (Å²) in [6, 6.07) is 0. The predicted molar refractivity (Wildman–Crippen MR) is 65.5 cm³/mol. The number of H-pyrrole nitrogens is 1. The fourth-order valence-electron chi connectivity index (χ4n) is 2.33. The maximum Gasteiger partial charge on any atom is 0.391 e. The molecule has 0 spiro atoms. The first-order valence-electron chi connectivity index (χ1n) is 6.20. The third-order valence-electron chi connectivity index (χ3n) is 3.38. The first kappa shape index (κ1) is 15.1. The molecule has 0 aliphatic heterocycles. The SMILES string of the molecule is O=C(O)CSc1n[nH]c(C2CCC(C(F)(F)F)CC2)n1. The van der Waals surface area contributed by atoms with E-state index in [-0.39, 0.29) is 24.5 Å². The average molecular weight is 309 g/mol. The van der Waals surface area contributed by atoms with Gasteiger partial charge in [-0.15, -0.1) is 5.10 Å². The highest BCUT2D eigenvalue weighted by molar-refractivity contribution is 7.99. The lowest BCUT2D eigenvalue weighted by molar-refractivity contribution is -0.182. The van der Waals surface area contributed by atoms with Crippen molar-refractivity contribution in [2.75, 3.05) is 5.75 Å². The van der Waals surface area contributed by atoms with Gasteiger partial charge in [0.1, 0.15) is 5.82 Å². The van der Waals surface area contributed by atoms with Gasteiger partial charge in [0.15, 0.2) is 0 Å². The Kier molecular flexibility index (Phi) is 4.56. The summed E-state index contributed by atoms with van der Waals surface area (Å²) in [7, 11) is 0. The molecule has 9 heteroatoms. The van der Waals surface area contributed by atoms with Crippen molar-refractivity contribution in [1.82, 2.24) is 15.2 Å². The van der Waals surface area contributed by atoms with Crippen molar-refractivity contribution in [2.45, 2.75) is 42.9 Å². The van der Waals surface area contributed by atoms with Crippen LogP contribution in [0.3, 0.4) is 0 Å². The lowest BCUT2D eigenvalue weighted by atomic mass is 9.81. The van der Waals surface area contributed by atoms with Gasteiger partial charge in [0.25, 0.3) is 0 Å². The monoisotopic (exact) mass is 309 g/mol. The number of hydrogen-bond donors (Lipinski definition) is 2. The molecule has 0 radical (unpaired) electrons. The first-order chi connectivity index (χ1) is 9.36. The molecule has 1 heterocycles. The smallest absolute Gasteiger partial charge is 0.391 e. The number of aliphatic carboxylic acids is 1. The van der Waals surface area contributed by atoms with Gasteiger partial charge in [-0.25, -0.2) is 4.98 Å². The van der Waals surface area contributed by atoms with Crippen LogP contribution in [-0.4, -0.2) is 38.2 Å². The van der Waals surface area contributed by atoms with Crippen LogP contribution in [0.25, 0.3) is 0 Å². The second-order valence-electron chi connectivity index (χ2n) is 4.78. The van der Waals surface area contributed by atoms with Gasteiger partial charge >= 0.3 is 12.1 Å². The van der Waals surface area contributed by atoms with Gasteiger partial charge in [-0.1, -0.05) is 11.8 Å². The van der Waals surface area contributed by atoms with E-state index in [4.69, 9.17) is 5.11 Å². The summed E-state index contributed by atoms with van der Waals surface area (Å²) in [5, 5.41) is 15.4. The number of thioether (sulfide) groups is 1. The Balaban J connectivity index is 1.89. The Morgan fingerprint density at radius 3 is 2.55 bits per heavy atom. The number of hydrogen-bond acceptors (Lipinski definition) is 4. The second-order valence-corrected chi connectivity index (χ2v) is 5.72. The van der Waals surface area contributed by atoms with Crippen LogP contribution < -0.4 is 0 Å². The average Bonchev–Trinajstić information content (AvgIpc) is 2.84. The van der Waals surface area contributed by atoms with Crippen molar-refractivity contribution in [3.8, 4) is 0 Å². The maximum absolute atomic E-state index is 12.6. The molecular formula is C11H14F3N3O2S. The number of carboxylic acids is 1. The molecule has 112 valence electrons. The van der Waals surface area contributed by atoms with Gasteiger partial charge < -0.3 is 5.11 Å². The Labute approximate surface area is 117 Å². The zero-order valence-electron chi connectivity index (χ0n) is 10.5. The molecule has 1 aromatic heterocycles. The van der Waals surface area contributed by atoms with Crippen molar-refractivity contribution in [3.05, 3.63) is 5.82 Å². The Morgan fingerprint density at radius 2 is 2.00 bits per heavy atom. The Morgan fingerprint density at radius 1 is 1.35 bits per heavy atom. The molecule has 0 saturated heterocycles. The number of aromatic amines is 1. The van der Waals surface area contributed by atoms with Crippen LogP contribution in [0.2, 0.25) is 0 Å². The van der Waals surface area contributed by atoms with E-state index >= 15 is 0 Å². The minimum atomic E-state index is -4.12. The normalized spacial score (nSPS) is 23.8. The van der Waals surface area contributed by atoms with Crippen LogP contribution in [-0.2, 0) is 4.79 Å². The van der Waals surface area contributed by atoms with Crippen LogP contribution in [0.5, 0.6) is 0 Å². The number of aromatic nitrogens is 3. The highest BCUT2D eigenvalue weighted by atomic mass is 32.2. The zero-order valence-corrected chi connectivity index (χ0v) is 11.3. The van der Waals surface area contributed by atoms with Crippen molar-refractivity contribution in [2.24, 2.45) is 5.92 Å². The van der Waals surface area contributed by atoms with Crippen molar-refractivity contribution in [1.29, 1.82) is 0 Å². The molecule has 20 heavy (non-hydrogen) atoms. The number of carboxylic acid groups (broad SMARTS) is 1. The number of nitrogens with zero attached hydrogens (tertiary/aromatic N) is 2. The second kappa shape index (κ2) is 6.02. The van der Waals surface area contributed by atoms with E-state index in [9.17, 15) is 18.0 Å².